The maximum Gasteiger partial charge on any atom is 0.413 e. The van der Waals surface area contributed by atoms with Crippen molar-refractivity contribution in [2.45, 2.75) is 29.8 Å². The topological polar surface area (TPSA) is 130 Å². The van der Waals surface area contributed by atoms with E-state index in [2.05, 4.69) is 15.4 Å². The van der Waals surface area contributed by atoms with Gasteiger partial charge in [0.05, 0.1) is 26.7 Å². The Morgan fingerprint density at radius 2 is 1.82 bits per heavy atom. The molecule has 202 valence electrons. The highest BCUT2D eigenvalue weighted by molar-refractivity contribution is 8.45. The van der Waals surface area contributed by atoms with Gasteiger partial charge in [0.1, 0.15) is 29.1 Å². The predicted octanol–water partition coefficient (Wildman–Crippen LogP) is 6.97. The van der Waals surface area contributed by atoms with Gasteiger partial charge in [-0.05, 0) is 37.1 Å². The van der Waals surface area contributed by atoms with Crippen molar-refractivity contribution in [2.24, 2.45) is 0 Å². The summed E-state index contributed by atoms with van der Waals surface area (Å²) in [6, 6.07) is 6.30. The Morgan fingerprint density at radius 3 is 2.29 bits per heavy atom. The van der Waals surface area contributed by atoms with Crippen molar-refractivity contribution < 1.29 is 38.9 Å². The van der Waals surface area contributed by atoms with E-state index in [0.717, 1.165) is 0 Å². The standard InChI is InChI=1S/C21H14Cl2F5N5O4S/c22-13-7-12(38(24,25,26,27)28)8-14(23)17(13)33-18(31-20(36)37-10-11-3-1-2-6-30-11)16(15(9-29)32-33)21(4-5-21)19(34)35/h1-3,6-8H,4-5,10H2,(H,31,36)(H,34,35). The van der Waals surface area contributed by atoms with Gasteiger partial charge in [-0.25, -0.2) is 9.48 Å². The summed E-state index contributed by atoms with van der Waals surface area (Å²) in [7, 11) is -10.2. The zero-order chi connectivity index (χ0) is 28.2. The van der Waals surface area contributed by atoms with Crippen molar-refractivity contribution in [1.29, 1.82) is 5.26 Å². The molecule has 1 aromatic carbocycles. The molecule has 2 heterocycles. The van der Waals surface area contributed by atoms with E-state index in [4.69, 9.17) is 27.9 Å². The molecule has 1 aliphatic carbocycles. The summed E-state index contributed by atoms with van der Waals surface area (Å²) in [5, 5.41) is 23.6. The van der Waals surface area contributed by atoms with Crippen LogP contribution in [0.3, 0.4) is 0 Å². The SMILES string of the molecule is N#Cc1nn(-c2c(Cl)cc(S(F)(F)(F)(F)F)cc2Cl)c(NC(=O)OCc2ccccn2)c1C1(C(=O)O)CC1. The molecule has 0 spiro atoms. The van der Waals surface area contributed by atoms with Gasteiger partial charge in [0.25, 0.3) is 0 Å². The monoisotopic (exact) mass is 597 g/mol. The van der Waals surface area contributed by atoms with Crippen molar-refractivity contribution in [2.75, 3.05) is 5.32 Å². The Kier molecular flexibility index (Phi) is 6.10. The van der Waals surface area contributed by atoms with Gasteiger partial charge in [-0.15, -0.1) is 0 Å². The molecule has 1 fully saturated rings. The number of hydrogen-bond donors (Lipinski definition) is 2. The van der Waals surface area contributed by atoms with Crippen molar-refractivity contribution in [1.82, 2.24) is 14.8 Å². The molecule has 0 radical (unpaired) electrons. The molecule has 1 amide bonds. The van der Waals surface area contributed by atoms with Gasteiger partial charge >= 0.3 is 22.3 Å². The lowest BCUT2D eigenvalue weighted by molar-refractivity contribution is -0.140. The van der Waals surface area contributed by atoms with Gasteiger partial charge in [0.2, 0.25) is 0 Å². The predicted molar refractivity (Wildman–Crippen MR) is 126 cm³/mol. The molecule has 0 atom stereocenters. The minimum Gasteiger partial charge on any atom is -0.481 e. The second kappa shape index (κ2) is 8.45. The van der Waals surface area contributed by atoms with E-state index < -0.39 is 59.8 Å². The van der Waals surface area contributed by atoms with E-state index in [1.807, 2.05) is 0 Å². The first-order chi connectivity index (χ1) is 17.5. The molecule has 1 aliphatic rings. The molecule has 9 nitrogen and oxygen atoms in total. The average Bonchev–Trinajstić information content (AvgIpc) is 3.54. The lowest BCUT2D eigenvalue weighted by Gasteiger charge is -2.40. The second-order valence-corrected chi connectivity index (χ2v) is 11.4. The molecule has 0 saturated heterocycles. The third-order valence-electron chi connectivity index (χ3n) is 5.57. The van der Waals surface area contributed by atoms with Crippen LogP contribution < -0.4 is 5.32 Å². The number of carbonyl (C=O) groups is 2. The van der Waals surface area contributed by atoms with Crippen LogP contribution >= 0.6 is 33.4 Å². The van der Waals surface area contributed by atoms with E-state index in [-0.39, 0.29) is 37.1 Å². The number of nitriles is 1. The van der Waals surface area contributed by atoms with E-state index in [0.29, 0.717) is 10.4 Å². The van der Waals surface area contributed by atoms with Crippen molar-refractivity contribution in [3.05, 3.63) is 63.5 Å². The van der Waals surface area contributed by atoms with Crippen molar-refractivity contribution >= 4 is 51.3 Å². The highest BCUT2D eigenvalue weighted by atomic mass is 35.5. The minimum atomic E-state index is -10.2. The first kappa shape index (κ1) is 27.4. The van der Waals surface area contributed by atoms with E-state index in [1.54, 1.807) is 24.3 Å². The number of rotatable bonds is 7. The molecule has 38 heavy (non-hydrogen) atoms. The van der Waals surface area contributed by atoms with E-state index in [9.17, 15) is 39.4 Å². The zero-order valence-corrected chi connectivity index (χ0v) is 20.9. The number of ether oxygens (including phenoxy) is 1. The summed E-state index contributed by atoms with van der Waals surface area (Å²) in [5.41, 5.74) is -2.76. The molecular weight excluding hydrogens is 584 g/mol. The molecular formula is C21H14Cl2F5N5O4S. The largest absolute Gasteiger partial charge is 0.481 e. The number of carbonyl (C=O) groups excluding carboxylic acids is 1. The highest BCUT2D eigenvalue weighted by Crippen LogP contribution is 3.02. The molecule has 0 aliphatic heterocycles. The smallest absolute Gasteiger partial charge is 0.413 e. The first-order valence-electron chi connectivity index (χ1n) is 10.3. The van der Waals surface area contributed by atoms with Crippen LogP contribution in [0.1, 0.15) is 29.8 Å². The highest BCUT2D eigenvalue weighted by Gasteiger charge is 2.65. The Hall–Kier alpha value is -3.61. The Bertz CT molecular complexity index is 1500. The third kappa shape index (κ3) is 5.19. The van der Waals surface area contributed by atoms with Gasteiger partial charge in [0, 0.05) is 6.20 Å². The molecule has 0 bridgehead atoms. The lowest BCUT2D eigenvalue weighted by Crippen LogP contribution is -2.24. The molecule has 0 unspecified atom stereocenters. The summed E-state index contributed by atoms with van der Waals surface area (Å²) in [6.07, 6.45) is 0.322. The van der Waals surface area contributed by atoms with Crippen LogP contribution in [-0.2, 0) is 21.6 Å². The average molecular weight is 598 g/mol. The maximum atomic E-state index is 13.4. The fraction of sp³-hybridized carbons (Fsp3) is 0.190. The molecule has 2 N–H and O–H groups in total. The summed E-state index contributed by atoms with van der Waals surface area (Å²) in [4.78, 5) is 26.3. The number of hydrogen-bond acceptors (Lipinski definition) is 6. The Labute approximate surface area is 220 Å². The van der Waals surface area contributed by atoms with Crippen LogP contribution in [-0.4, -0.2) is 31.9 Å². The third-order valence-corrected chi connectivity index (χ3v) is 7.28. The number of halogens is 7. The molecule has 4 rings (SSSR count). The number of amides is 1. The van der Waals surface area contributed by atoms with Gasteiger partial charge in [-0.2, -0.15) is 10.4 Å². The Balaban J connectivity index is 1.85. The van der Waals surface area contributed by atoms with Gasteiger partial charge < -0.3 is 9.84 Å². The van der Waals surface area contributed by atoms with Crippen LogP contribution in [0.5, 0.6) is 0 Å². The number of aliphatic carboxylic acids is 1. The molecule has 2 aromatic heterocycles. The van der Waals surface area contributed by atoms with Crippen molar-refractivity contribution in [3.8, 4) is 11.8 Å². The van der Waals surface area contributed by atoms with Crippen LogP contribution in [0.15, 0.2) is 41.4 Å². The normalized spacial score (nSPS) is 16.1. The number of pyridine rings is 1. The maximum absolute atomic E-state index is 13.4. The van der Waals surface area contributed by atoms with Gasteiger partial charge in [-0.1, -0.05) is 48.7 Å². The number of nitrogens with one attached hydrogen (secondary N) is 1. The quantitative estimate of drug-likeness (QED) is 0.281. The van der Waals surface area contributed by atoms with Crippen LogP contribution in [0, 0.1) is 11.3 Å². The van der Waals surface area contributed by atoms with Gasteiger partial charge in [-0.3, -0.25) is 15.1 Å². The van der Waals surface area contributed by atoms with Crippen LogP contribution in [0.4, 0.5) is 30.0 Å². The number of carboxylic acid groups (broad SMARTS) is 1. The number of aromatic nitrogens is 3. The summed E-state index contributed by atoms with van der Waals surface area (Å²) in [6.45, 7) is -0.328. The van der Waals surface area contributed by atoms with Crippen molar-refractivity contribution in [3.63, 3.8) is 0 Å². The van der Waals surface area contributed by atoms with Crippen LogP contribution in [0.25, 0.3) is 5.69 Å². The number of nitrogens with zero attached hydrogens (tertiary/aromatic N) is 4. The fourth-order valence-electron chi connectivity index (χ4n) is 3.65. The Morgan fingerprint density at radius 1 is 1.18 bits per heavy atom. The van der Waals surface area contributed by atoms with E-state index in [1.165, 1.54) is 6.20 Å². The lowest BCUT2D eigenvalue weighted by atomic mass is 9.95. The summed E-state index contributed by atoms with van der Waals surface area (Å²) >= 11 is 11.9. The first-order valence-corrected chi connectivity index (χ1v) is 13.0. The zero-order valence-electron chi connectivity index (χ0n) is 18.6. The minimum absolute atomic E-state index is 0.0327. The number of carboxylic acids is 1. The molecule has 17 heteroatoms. The van der Waals surface area contributed by atoms with Gasteiger partial charge in [0.15, 0.2) is 5.69 Å². The molecule has 1 saturated carbocycles. The summed E-state index contributed by atoms with van der Waals surface area (Å²) in [5.74, 6) is -1.87. The number of benzene rings is 1. The van der Waals surface area contributed by atoms with Crippen LogP contribution in [0.2, 0.25) is 10.0 Å². The fourth-order valence-corrected chi connectivity index (χ4v) is 5.10. The number of anilines is 1. The summed E-state index contributed by atoms with van der Waals surface area (Å²) < 4.78 is 72.5. The molecule has 3 aromatic rings. The van der Waals surface area contributed by atoms with E-state index >= 15 is 0 Å². The second-order valence-electron chi connectivity index (χ2n) is 8.21.